The van der Waals surface area contributed by atoms with Gasteiger partial charge in [0.25, 0.3) is 0 Å². The van der Waals surface area contributed by atoms with Gasteiger partial charge in [-0.15, -0.1) is 0 Å². The van der Waals surface area contributed by atoms with Gasteiger partial charge in [-0.05, 0) is 0 Å². The predicted octanol–water partition coefficient (Wildman–Crippen LogP) is 2.26. The number of halogens is 1. The van der Waals surface area contributed by atoms with Gasteiger partial charge in [0.1, 0.15) is 0 Å². The Morgan fingerprint density at radius 1 is 1.00 bits per heavy atom. The molecule has 248 valence electrons. The van der Waals surface area contributed by atoms with Gasteiger partial charge in [0, 0.05) is 0 Å². The number of barbiturate groups is 1. The van der Waals surface area contributed by atoms with Crippen LogP contribution >= 0.6 is 0 Å². The molecule has 0 radical (unpaired) electrons. The quantitative estimate of drug-likeness (QED) is 0.0484. The number of methoxy groups -OCH3 is 1. The van der Waals surface area contributed by atoms with Gasteiger partial charge in [-0.2, -0.15) is 0 Å². The molecule has 13 heteroatoms. The molecule has 48 heavy (non-hydrogen) atoms. The Morgan fingerprint density at radius 3 is 2.42 bits per heavy atom. The van der Waals surface area contributed by atoms with E-state index in [0.29, 0.717) is 44.5 Å². The number of benzene rings is 3. The van der Waals surface area contributed by atoms with Crippen LogP contribution in [0.5, 0.6) is 5.75 Å². The van der Waals surface area contributed by atoms with Crippen LogP contribution in [0.2, 0.25) is 0 Å². The average Bonchev–Trinajstić information content (AvgIpc) is 3.06. The predicted molar refractivity (Wildman–Crippen MR) is 170 cm³/mol. The summed E-state index contributed by atoms with van der Waals surface area (Å²) in [6.07, 6.45) is 3.00. The second-order valence-corrected chi connectivity index (χ2v) is 13.4. The summed E-state index contributed by atoms with van der Waals surface area (Å²) < 4.78 is 17.2. The standard InChI is InChI=1S/C35H30IN2O10/c1-4-14-35(31(42)37-34(45)38-32(35)43)15-13-19(2)18-47-33(44)36-17-25-26(46-3)12-11-24-28(21-7-5-6-8-22(21)30(40)41)23-10-9-20(39)16-27(23)48-29(24)25/h4-13,16H,1,14-15,17-18H2,2-3H3,(H,40,41)(H2,37,38,42,43,45)/q-1/b19-13+. The Kier molecular flexibility index (Phi) is 10.1. The van der Waals surface area contributed by atoms with Crippen LogP contribution in [0.1, 0.15) is 35.7 Å². The SMILES string of the molecule is C=CCC1(C/C=C(\C)COC(=O)[I-]Cc2c(OC)ccc3c(-c4ccccc4C(=O)O)c4ccc(=O)cc-4oc23)C(=O)NC(=O)NC1=O. The summed E-state index contributed by atoms with van der Waals surface area (Å²) in [6.45, 7) is 5.22. The van der Waals surface area contributed by atoms with Gasteiger partial charge >= 0.3 is 285 Å². The topological polar surface area (TPSA) is 178 Å². The van der Waals surface area contributed by atoms with E-state index in [1.807, 2.05) is 0 Å². The van der Waals surface area contributed by atoms with Crippen LogP contribution in [0.25, 0.3) is 33.4 Å². The number of carboxylic acid groups (broad SMARTS) is 1. The molecular weight excluding hydrogens is 735 g/mol. The molecular formula is C35H30IN2O10-. The maximum atomic E-state index is 13.0. The van der Waals surface area contributed by atoms with E-state index >= 15 is 0 Å². The molecule has 2 aromatic rings. The third-order valence-electron chi connectivity index (χ3n) is 7.91. The van der Waals surface area contributed by atoms with E-state index in [1.165, 1.54) is 31.4 Å². The first kappa shape index (κ1) is 34.0. The number of fused-ring (bicyclic) bond motifs is 2. The van der Waals surface area contributed by atoms with Crippen molar-refractivity contribution in [1.29, 1.82) is 0 Å². The van der Waals surface area contributed by atoms with Crippen molar-refractivity contribution in [2.24, 2.45) is 5.41 Å². The average molecular weight is 766 g/mol. The molecule has 1 aliphatic carbocycles. The summed E-state index contributed by atoms with van der Waals surface area (Å²) in [4.78, 5) is 74.2. The maximum absolute atomic E-state index is 13.0. The zero-order valence-corrected chi connectivity index (χ0v) is 28.0. The number of amides is 4. The van der Waals surface area contributed by atoms with Gasteiger partial charge in [0.2, 0.25) is 0 Å². The van der Waals surface area contributed by atoms with Gasteiger partial charge in [-0.25, -0.2) is 0 Å². The van der Waals surface area contributed by atoms with Gasteiger partial charge in [0.15, 0.2) is 0 Å². The fourth-order valence-corrected chi connectivity index (χ4v) is 7.28. The van der Waals surface area contributed by atoms with Crippen molar-refractivity contribution in [2.75, 3.05) is 13.7 Å². The summed E-state index contributed by atoms with van der Waals surface area (Å²) >= 11 is -1.30. The van der Waals surface area contributed by atoms with Crippen molar-refractivity contribution >= 4 is 38.8 Å². The van der Waals surface area contributed by atoms with Crippen LogP contribution in [-0.4, -0.2) is 46.6 Å². The van der Waals surface area contributed by atoms with E-state index in [-0.39, 0.29) is 40.6 Å². The Morgan fingerprint density at radius 2 is 1.73 bits per heavy atom. The van der Waals surface area contributed by atoms with Crippen LogP contribution in [0, 0.1) is 5.41 Å². The first-order valence-electron chi connectivity index (χ1n) is 14.6. The molecule has 0 spiro atoms. The summed E-state index contributed by atoms with van der Waals surface area (Å²) in [6, 6.07) is 13.5. The number of aromatic carboxylic acids is 1. The number of urea groups is 1. The number of carbonyl (C=O) groups excluding carboxylic acids is 4. The number of alkyl halides is 1. The molecule has 3 aliphatic rings. The molecule has 2 heterocycles. The van der Waals surface area contributed by atoms with Gasteiger partial charge in [-0.3, -0.25) is 0 Å². The first-order chi connectivity index (χ1) is 23.0. The van der Waals surface area contributed by atoms with Gasteiger partial charge in [0.05, 0.1) is 0 Å². The Labute approximate surface area is 284 Å². The van der Waals surface area contributed by atoms with E-state index < -0.39 is 54.4 Å². The number of hydrogen-bond donors (Lipinski definition) is 3. The van der Waals surface area contributed by atoms with Crippen molar-refractivity contribution in [3.8, 4) is 28.2 Å². The summed E-state index contributed by atoms with van der Waals surface area (Å²) in [7, 11) is 1.48. The summed E-state index contributed by atoms with van der Waals surface area (Å²) in [5.41, 5.74) is 1.28. The van der Waals surface area contributed by atoms with Crippen LogP contribution in [-0.2, 0) is 18.8 Å². The number of hydrogen-bond acceptors (Lipinski definition) is 9. The van der Waals surface area contributed by atoms with Gasteiger partial charge < -0.3 is 0 Å². The number of ether oxygens (including phenoxy) is 2. The van der Waals surface area contributed by atoms with Crippen LogP contribution in [0.15, 0.2) is 88.1 Å². The van der Waals surface area contributed by atoms with Gasteiger partial charge in [-0.1, -0.05) is 0 Å². The molecule has 0 bridgehead atoms. The third kappa shape index (κ3) is 6.72. The second kappa shape index (κ2) is 14.2. The molecule has 2 aromatic carbocycles. The van der Waals surface area contributed by atoms with Crippen LogP contribution in [0.3, 0.4) is 0 Å². The van der Waals surface area contributed by atoms with Crippen molar-refractivity contribution in [2.45, 2.75) is 24.2 Å². The number of carbonyl (C=O) groups is 5. The van der Waals surface area contributed by atoms with E-state index in [1.54, 1.807) is 49.4 Å². The number of carboxylic acids is 1. The fraction of sp³-hybridized carbons (Fsp3) is 0.200. The molecule has 12 nitrogen and oxygen atoms in total. The summed E-state index contributed by atoms with van der Waals surface area (Å²) in [5.74, 6) is -1.88. The molecule has 2 aliphatic heterocycles. The minimum absolute atomic E-state index is 0.0000693. The molecule has 1 saturated heterocycles. The monoisotopic (exact) mass is 765 g/mol. The normalized spacial score (nSPS) is 14.5. The molecule has 0 atom stereocenters. The molecule has 3 N–H and O–H groups in total. The zero-order chi connectivity index (χ0) is 34.6. The first-order valence-corrected chi connectivity index (χ1v) is 17.2. The minimum atomic E-state index is -1.55. The van der Waals surface area contributed by atoms with Crippen LogP contribution < -0.4 is 42.0 Å². The molecule has 4 amide bonds. The van der Waals surface area contributed by atoms with Crippen LogP contribution in [0.4, 0.5) is 9.59 Å². The second-order valence-electron chi connectivity index (χ2n) is 11.0. The van der Waals surface area contributed by atoms with Crippen molar-refractivity contribution in [3.63, 3.8) is 0 Å². The molecule has 5 rings (SSSR count). The third-order valence-corrected chi connectivity index (χ3v) is 9.98. The van der Waals surface area contributed by atoms with Crippen molar-refractivity contribution in [3.05, 3.63) is 100 Å². The Hall–Kier alpha value is -5.31. The number of nitrogens with one attached hydrogen (secondary N) is 2. The Bertz CT molecular complexity index is 2030. The van der Waals surface area contributed by atoms with Crippen molar-refractivity contribution in [1.82, 2.24) is 10.6 Å². The molecule has 0 aromatic heterocycles. The van der Waals surface area contributed by atoms with Crippen molar-refractivity contribution < 1.29 is 64.2 Å². The zero-order valence-electron chi connectivity index (χ0n) is 25.9. The molecule has 0 saturated carbocycles. The van der Waals surface area contributed by atoms with E-state index in [2.05, 4.69) is 17.2 Å². The van der Waals surface area contributed by atoms with E-state index in [0.717, 1.165) is 0 Å². The Balaban J connectivity index is 1.41. The number of allylic oxidation sites excluding steroid dienone is 2. The van der Waals surface area contributed by atoms with E-state index in [9.17, 15) is 33.9 Å². The molecule has 1 fully saturated rings. The van der Waals surface area contributed by atoms with E-state index in [4.69, 9.17) is 13.9 Å². The fourth-order valence-electron chi connectivity index (χ4n) is 5.49. The molecule has 0 unspecified atom stereocenters. The summed E-state index contributed by atoms with van der Waals surface area (Å²) in [5, 5.41) is 14.8. The number of rotatable bonds is 12. The number of imide groups is 2.